The van der Waals surface area contributed by atoms with Crippen molar-refractivity contribution >= 4 is 11.8 Å². The molecule has 0 aliphatic carbocycles. The molecule has 1 aromatic carbocycles. The maximum Gasteiger partial charge on any atom is 0.245 e. The SMILES string of the molecule is COc1cc(C2CC(=C=O)C(=NN)O2)cc(OC)c1OC. The minimum atomic E-state index is -0.405. The zero-order valence-corrected chi connectivity index (χ0v) is 12.0. The van der Waals surface area contributed by atoms with Crippen molar-refractivity contribution in [2.75, 3.05) is 21.3 Å². The molecule has 0 bridgehead atoms. The summed E-state index contributed by atoms with van der Waals surface area (Å²) >= 11 is 0. The summed E-state index contributed by atoms with van der Waals surface area (Å²) in [6.07, 6.45) is -0.0736. The first-order valence-corrected chi connectivity index (χ1v) is 6.17. The van der Waals surface area contributed by atoms with Crippen LogP contribution in [0.4, 0.5) is 0 Å². The van der Waals surface area contributed by atoms with Crippen LogP contribution in [-0.2, 0) is 9.53 Å². The highest BCUT2D eigenvalue weighted by Crippen LogP contribution is 2.42. The Labute approximate surface area is 121 Å². The van der Waals surface area contributed by atoms with Crippen molar-refractivity contribution in [2.45, 2.75) is 12.5 Å². The van der Waals surface area contributed by atoms with Crippen LogP contribution in [0, 0.1) is 0 Å². The highest BCUT2D eigenvalue weighted by atomic mass is 16.5. The zero-order chi connectivity index (χ0) is 15.4. The van der Waals surface area contributed by atoms with E-state index in [9.17, 15) is 4.79 Å². The molecular formula is C14H16N2O5. The van der Waals surface area contributed by atoms with Crippen LogP contribution in [0.15, 0.2) is 22.8 Å². The van der Waals surface area contributed by atoms with Crippen LogP contribution in [0.1, 0.15) is 18.1 Å². The maximum absolute atomic E-state index is 10.9. The van der Waals surface area contributed by atoms with Crippen LogP contribution >= 0.6 is 0 Å². The van der Waals surface area contributed by atoms with E-state index in [1.54, 1.807) is 18.1 Å². The predicted molar refractivity (Wildman–Crippen MR) is 75.4 cm³/mol. The van der Waals surface area contributed by atoms with Crippen LogP contribution in [0.2, 0.25) is 0 Å². The van der Waals surface area contributed by atoms with Crippen LogP contribution in [0.5, 0.6) is 17.2 Å². The number of nitrogens with zero attached hydrogens (tertiary/aromatic N) is 1. The van der Waals surface area contributed by atoms with E-state index in [1.165, 1.54) is 21.3 Å². The second-order valence-electron chi connectivity index (χ2n) is 4.28. The van der Waals surface area contributed by atoms with Gasteiger partial charge in [-0.2, -0.15) is 0 Å². The van der Waals surface area contributed by atoms with Crippen LogP contribution in [0.3, 0.4) is 0 Å². The van der Waals surface area contributed by atoms with Gasteiger partial charge in [-0.15, -0.1) is 5.10 Å². The zero-order valence-electron chi connectivity index (χ0n) is 12.0. The Hall–Kier alpha value is -2.66. The van der Waals surface area contributed by atoms with Crippen molar-refractivity contribution in [2.24, 2.45) is 10.9 Å². The minimum absolute atomic E-state index is 0.101. The summed E-state index contributed by atoms with van der Waals surface area (Å²) in [4.78, 5) is 10.9. The molecule has 0 aromatic heterocycles. The average molecular weight is 292 g/mol. The first-order chi connectivity index (χ1) is 10.2. The van der Waals surface area contributed by atoms with Crippen LogP contribution < -0.4 is 20.1 Å². The molecule has 1 heterocycles. The van der Waals surface area contributed by atoms with Gasteiger partial charge in [-0.25, -0.2) is 4.79 Å². The van der Waals surface area contributed by atoms with Crippen molar-refractivity contribution in [3.63, 3.8) is 0 Å². The third-order valence-electron chi connectivity index (χ3n) is 3.20. The van der Waals surface area contributed by atoms with Crippen LogP contribution in [0.25, 0.3) is 0 Å². The molecule has 112 valence electrons. The second-order valence-corrected chi connectivity index (χ2v) is 4.28. The van der Waals surface area contributed by atoms with Gasteiger partial charge >= 0.3 is 0 Å². The van der Waals surface area contributed by atoms with Crippen molar-refractivity contribution in [1.82, 2.24) is 0 Å². The van der Waals surface area contributed by atoms with E-state index in [2.05, 4.69) is 5.10 Å². The summed E-state index contributed by atoms with van der Waals surface area (Å²) in [7, 11) is 4.58. The Balaban J connectivity index is 2.44. The summed E-state index contributed by atoms with van der Waals surface area (Å²) in [6.45, 7) is 0. The molecule has 21 heavy (non-hydrogen) atoms. The molecule has 0 amide bonds. The van der Waals surface area contributed by atoms with Gasteiger partial charge in [0.15, 0.2) is 11.5 Å². The third kappa shape index (κ3) is 2.64. The normalized spacial score (nSPS) is 19.1. The number of hydrogen-bond donors (Lipinski definition) is 1. The molecule has 1 unspecified atom stereocenters. The molecule has 1 atom stereocenters. The molecule has 0 spiro atoms. The van der Waals surface area contributed by atoms with Gasteiger partial charge in [0.05, 0.1) is 21.3 Å². The Bertz CT molecular complexity index is 595. The number of benzene rings is 1. The molecule has 1 saturated heterocycles. The monoisotopic (exact) mass is 292 g/mol. The fraction of sp³-hybridized carbons (Fsp3) is 0.357. The molecule has 1 fully saturated rings. The molecule has 0 saturated carbocycles. The summed E-state index contributed by atoms with van der Waals surface area (Å²) in [5.74, 6) is 8.58. The Morgan fingerprint density at radius 2 is 1.86 bits per heavy atom. The lowest BCUT2D eigenvalue weighted by molar-refractivity contribution is 0.221. The first kappa shape index (κ1) is 14.7. The van der Waals surface area contributed by atoms with Gasteiger partial charge in [0.2, 0.25) is 11.6 Å². The van der Waals surface area contributed by atoms with Crippen molar-refractivity contribution in [3.05, 3.63) is 23.3 Å². The van der Waals surface area contributed by atoms with Crippen molar-refractivity contribution in [1.29, 1.82) is 0 Å². The topological polar surface area (TPSA) is 92.4 Å². The Morgan fingerprint density at radius 3 is 2.24 bits per heavy atom. The number of methoxy groups -OCH3 is 3. The fourth-order valence-electron chi connectivity index (χ4n) is 2.19. The summed E-state index contributed by atoms with van der Waals surface area (Å²) in [5.41, 5.74) is 1.06. The lowest BCUT2D eigenvalue weighted by Crippen LogP contribution is -2.04. The van der Waals surface area contributed by atoms with Crippen LogP contribution in [-0.4, -0.2) is 33.2 Å². The third-order valence-corrected chi connectivity index (χ3v) is 3.20. The minimum Gasteiger partial charge on any atom is -0.493 e. The van der Waals surface area contributed by atoms with E-state index in [1.807, 2.05) is 0 Å². The van der Waals surface area contributed by atoms with Gasteiger partial charge in [0, 0.05) is 12.0 Å². The quantitative estimate of drug-likeness (QED) is 0.509. The smallest absolute Gasteiger partial charge is 0.245 e. The number of nitrogens with two attached hydrogens (primary N) is 1. The van der Waals surface area contributed by atoms with E-state index in [0.717, 1.165) is 5.56 Å². The average Bonchev–Trinajstić information content (AvgIpc) is 2.96. The molecule has 7 nitrogen and oxygen atoms in total. The van der Waals surface area contributed by atoms with Gasteiger partial charge < -0.3 is 24.8 Å². The molecule has 1 aromatic rings. The van der Waals surface area contributed by atoms with Crippen molar-refractivity contribution in [3.8, 4) is 17.2 Å². The van der Waals surface area contributed by atoms with Gasteiger partial charge in [0.25, 0.3) is 0 Å². The molecule has 2 N–H and O–H groups in total. The molecular weight excluding hydrogens is 276 g/mol. The first-order valence-electron chi connectivity index (χ1n) is 6.17. The fourth-order valence-corrected chi connectivity index (χ4v) is 2.19. The Kier molecular flexibility index (Phi) is 4.35. The second kappa shape index (κ2) is 6.19. The Morgan fingerprint density at radius 1 is 1.24 bits per heavy atom. The van der Waals surface area contributed by atoms with E-state index in [0.29, 0.717) is 29.2 Å². The van der Waals surface area contributed by atoms with Gasteiger partial charge in [-0.3, -0.25) is 0 Å². The van der Waals surface area contributed by atoms with Gasteiger partial charge in [-0.05, 0) is 12.1 Å². The van der Waals surface area contributed by atoms with Crippen molar-refractivity contribution < 1.29 is 23.7 Å². The van der Waals surface area contributed by atoms with E-state index in [4.69, 9.17) is 24.8 Å². The van der Waals surface area contributed by atoms with Gasteiger partial charge in [0.1, 0.15) is 17.6 Å². The summed E-state index contributed by atoms with van der Waals surface area (Å²) in [5, 5.41) is 3.44. The highest BCUT2D eigenvalue weighted by molar-refractivity contribution is 6.02. The predicted octanol–water partition coefficient (Wildman–Crippen LogP) is 1.20. The number of hydrogen-bond acceptors (Lipinski definition) is 7. The lowest BCUT2D eigenvalue weighted by atomic mass is 10.0. The lowest BCUT2D eigenvalue weighted by Gasteiger charge is -2.16. The van der Waals surface area contributed by atoms with E-state index >= 15 is 0 Å². The molecule has 7 heteroatoms. The number of hydrazone groups is 1. The molecule has 1 aliphatic rings. The largest absolute Gasteiger partial charge is 0.493 e. The maximum atomic E-state index is 10.9. The van der Waals surface area contributed by atoms with E-state index in [-0.39, 0.29) is 5.90 Å². The number of rotatable bonds is 4. The summed E-state index contributed by atoms with van der Waals surface area (Å²) in [6, 6.07) is 3.52. The standard InChI is InChI=1S/C14H16N2O5/c1-18-11-4-8(5-12(19-2)13(11)20-3)10-6-9(7-17)14(16-15)21-10/h4-5,10H,6,15H2,1-3H3. The highest BCUT2D eigenvalue weighted by Gasteiger charge is 2.31. The van der Waals surface area contributed by atoms with Gasteiger partial charge in [-0.1, -0.05) is 0 Å². The number of ether oxygens (including phenoxy) is 4. The molecule has 1 aliphatic heterocycles. The number of carbonyl (C=O) groups excluding carboxylic acids is 1. The molecule has 0 radical (unpaired) electrons. The molecule has 2 rings (SSSR count). The summed E-state index contributed by atoms with van der Waals surface area (Å²) < 4.78 is 21.4. The van der Waals surface area contributed by atoms with E-state index < -0.39 is 6.10 Å².